The molecule has 0 aromatic heterocycles. The lowest BCUT2D eigenvalue weighted by Gasteiger charge is -2.27. The minimum absolute atomic E-state index is 0.479. The number of hydrogen-bond donors (Lipinski definition) is 1. The molecule has 1 fully saturated rings. The summed E-state index contributed by atoms with van der Waals surface area (Å²) in [5.41, 5.74) is 0. The third kappa shape index (κ3) is 3.23. The number of hydrogen-bond acceptors (Lipinski definition) is 3. The zero-order chi connectivity index (χ0) is 10.4. The van der Waals surface area contributed by atoms with Crippen molar-refractivity contribution < 1.29 is 4.74 Å². The Bertz CT molecular complexity index is 152. The molecule has 3 nitrogen and oxygen atoms in total. The zero-order valence-corrected chi connectivity index (χ0v) is 9.75. The van der Waals surface area contributed by atoms with E-state index in [1.807, 2.05) is 7.05 Å². The first-order chi connectivity index (χ1) is 6.81. The molecule has 0 aromatic carbocycles. The first-order valence-corrected chi connectivity index (χ1v) is 5.72. The first kappa shape index (κ1) is 12.0. The molecule has 0 amide bonds. The van der Waals surface area contributed by atoms with Gasteiger partial charge in [0.05, 0.1) is 6.61 Å². The summed E-state index contributed by atoms with van der Waals surface area (Å²) in [6.45, 7) is 5.49. The van der Waals surface area contributed by atoms with Gasteiger partial charge in [-0.2, -0.15) is 0 Å². The maximum Gasteiger partial charge on any atom is 0.0628 e. The molecular weight excluding hydrogens is 176 g/mol. The van der Waals surface area contributed by atoms with E-state index in [1.54, 1.807) is 7.11 Å². The van der Waals surface area contributed by atoms with Crippen LogP contribution in [0.3, 0.4) is 0 Å². The van der Waals surface area contributed by atoms with E-state index in [-0.39, 0.29) is 0 Å². The van der Waals surface area contributed by atoms with E-state index in [9.17, 15) is 0 Å². The van der Waals surface area contributed by atoms with Crippen LogP contribution in [0.1, 0.15) is 26.2 Å². The van der Waals surface area contributed by atoms with Gasteiger partial charge in [0.2, 0.25) is 0 Å². The molecule has 3 heteroatoms. The molecule has 1 aliphatic heterocycles. The molecule has 14 heavy (non-hydrogen) atoms. The Morgan fingerprint density at radius 2 is 2.36 bits per heavy atom. The lowest BCUT2D eigenvalue weighted by atomic mass is 10.1. The maximum absolute atomic E-state index is 5.18. The molecule has 0 bridgehead atoms. The van der Waals surface area contributed by atoms with E-state index in [4.69, 9.17) is 4.74 Å². The highest BCUT2D eigenvalue weighted by molar-refractivity contribution is 4.81. The van der Waals surface area contributed by atoms with Crippen molar-refractivity contribution in [3.63, 3.8) is 0 Å². The molecule has 0 aromatic rings. The lowest BCUT2D eigenvalue weighted by Crippen LogP contribution is -2.43. The summed E-state index contributed by atoms with van der Waals surface area (Å²) in [5, 5.41) is 3.31. The van der Waals surface area contributed by atoms with Gasteiger partial charge in [-0.1, -0.05) is 6.92 Å². The van der Waals surface area contributed by atoms with Gasteiger partial charge in [-0.3, -0.25) is 4.90 Å². The summed E-state index contributed by atoms with van der Waals surface area (Å²) >= 11 is 0. The van der Waals surface area contributed by atoms with Crippen LogP contribution in [0.15, 0.2) is 0 Å². The van der Waals surface area contributed by atoms with Crippen LogP contribution in [0.25, 0.3) is 0 Å². The Balaban J connectivity index is 2.32. The molecule has 1 aliphatic rings. The number of ether oxygens (including phenoxy) is 1. The summed E-state index contributed by atoms with van der Waals surface area (Å²) in [6.07, 6.45) is 4.02. The molecule has 0 aliphatic carbocycles. The van der Waals surface area contributed by atoms with E-state index in [0.717, 1.165) is 19.2 Å². The van der Waals surface area contributed by atoms with Crippen LogP contribution in [0.2, 0.25) is 0 Å². The smallest absolute Gasteiger partial charge is 0.0628 e. The van der Waals surface area contributed by atoms with Crippen molar-refractivity contribution >= 4 is 0 Å². The second kappa shape index (κ2) is 6.38. The fourth-order valence-corrected chi connectivity index (χ4v) is 2.31. The van der Waals surface area contributed by atoms with Crippen LogP contribution in [0.4, 0.5) is 0 Å². The van der Waals surface area contributed by atoms with Crippen LogP contribution in [0.5, 0.6) is 0 Å². The van der Waals surface area contributed by atoms with Crippen molar-refractivity contribution in [2.24, 2.45) is 0 Å². The molecule has 0 saturated carbocycles. The van der Waals surface area contributed by atoms with Gasteiger partial charge in [0, 0.05) is 25.7 Å². The van der Waals surface area contributed by atoms with E-state index < -0.39 is 0 Å². The Hall–Kier alpha value is -0.120. The molecule has 1 heterocycles. The number of methoxy groups -OCH3 is 1. The fourth-order valence-electron chi connectivity index (χ4n) is 2.31. The van der Waals surface area contributed by atoms with E-state index >= 15 is 0 Å². The molecule has 1 saturated heterocycles. The minimum atomic E-state index is 0.479. The zero-order valence-electron chi connectivity index (χ0n) is 9.75. The molecule has 84 valence electrons. The van der Waals surface area contributed by atoms with Gasteiger partial charge in [0.25, 0.3) is 0 Å². The summed E-state index contributed by atoms with van der Waals surface area (Å²) in [6, 6.07) is 1.29. The number of likely N-dealkylation sites (tertiary alicyclic amines) is 1. The molecule has 2 atom stereocenters. The summed E-state index contributed by atoms with van der Waals surface area (Å²) < 4.78 is 5.18. The fraction of sp³-hybridized carbons (Fsp3) is 1.00. The normalized spacial score (nSPS) is 25.5. The van der Waals surface area contributed by atoms with Gasteiger partial charge in [0.15, 0.2) is 0 Å². The van der Waals surface area contributed by atoms with Crippen LogP contribution in [-0.2, 0) is 4.74 Å². The predicted molar refractivity (Wildman–Crippen MR) is 59.6 cm³/mol. The minimum Gasteiger partial charge on any atom is -0.383 e. The lowest BCUT2D eigenvalue weighted by molar-refractivity contribution is 0.136. The topological polar surface area (TPSA) is 24.5 Å². The Kier molecular flexibility index (Phi) is 5.45. The van der Waals surface area contributed by atoms with Gasteiger partial charge in [-0.25, -0.2) is 0 Å². The van der Waals surface area contributed by atoms with Gasteiger partial charge >= 0.3 is 0 Å². The van der Waals surface area contributed by atoms with Crippen LogP contribution in [-0.4, -0.2) is 50.8 Å². The van der Waals surface area contributed by atoms with Crippen molar-refractivity contribution in [2.75, 3.05) is 33.9 Å². The van der Waals surface area contributed by atoms with Crippen molar-refractivity contribution in [2.45, 2.75) is 38.3 Å². The standard InChI is InChI=1S/C11H24N2O/c1-4-11-6-5-7-13(11)8-10(12-2)9-14-3/h10-12H,4-9H2,1-3H3. The van der Waals surface area contributed by atoms with Crippen molar-refractivity contribution in [3.05, 3.63) is 0 Å². The number of rotatable bonds is 6. The molecule has 2 unspecified atom stereocenters. The predicted octanol–water partition coefficient (Wildman–Crippen LogP) is 1.10. The Labute approximate surface area is 87.8 Å². The molecule has 0 radical (unpaired) electrons. The number of nitrogens with zero attached hydrogens (tertiary/aromatic N) is 1. The van der Waals surface area contributed by atoms with E-state index in [1.165, 1.54) is 25.8 Å². The second-order valence-electron chi connectivity index (χ2n) is 4.14. The second-order valence-corrected chi connectivity index (χ2v) is 4.14. The first-order valence-electron chi connectivity index (χ1n) is 5.72. The van der Waals surface area contributed by atoms with Gasteiger partial charge < -0.3 is 10.1 Å². The van der Waals surface area contributed by atoms with E-state index in [2.05, 4.69) is 17.1 Å². The molecule has 1 N–H and O–H groups in total. The van der Waals surface area contributed by atoms with Gasteiger partial charge in [-0.15, -0.1) is 0 Å². The Morgan fingerprint density at radius 3 is 2.93 bits per heavy atom. The largest absolute Gasteiger partial charge is 0.383 e. The Morgan fingerprint density at radius 1 is 1.57 bits per heavy atom. The van der Waals surface area contributed by atoms with E-state index in [0.29, 0.717) is 6.04 Å². The average Bonchev–Trinajstić information content (AvgIpc) is 2.64. The monoisotopic (exact) mass is 200 g/mol. The highest BCUT2D eigenvalue weighted by Gasteiger charge is 2.24. The highest BCUT2D eigenvalue weighted by atomic mass is 16.5. The van der Waals surface area contributed by atoms with Crippen molar-refractivity contribution in [1.29, 1.82) is 0 Å². The quantitative estimate of drug-likeness (QED) is 0.695. The summed E-state index contributed by atoms with van der Waals surface area (Å²) in [4.78, 5) is 2.60. The van der Waals surface area contributed by atoms with Crippen LogP contribution >= 0.6 is 0 Å². The SMILES string of the molecule is CCC1CCCN1CC(COC)NC. The van der Waals surface area contributed by atoms with Crippen LogP contribution < -0.4 is 5.32 Å². The number of nitrogens with one attached hydrogen (secondary N) is 1. The third-order valence-corrected chi connectivity index (χ3v) is 3.20. The average molecular weight is 200 g/mol. The third-order valence-electron chi connectivity index (χ3n) is 3.20. The molecule has 1 rings (SSSR count). The van der Waals surface area contributed by atoms with Crippen molar-refractivity contribution in [3.8, 4) is 0 Å². The molecular formula is C11H24N2O. The maximum atomic E-state index is 5.18. The summed E-state index contributed by atoms with van der Waals surface area (Å²) in [7, 11) is 3.78. The summed E-state index contributed by atoms with van der Waals surface area (Å²) in [5.74, 6) is 0. The highest BCUT2D eigenvalue weighted by Crippen LogP contribution is 2.19. The van der Waals surface area contributed by atoms with Gasteiger partial charge in [-0.05, 0) is 32.9 Å². The molecule has 0 spiro atoms. The van der Waals surface area contributed by atoms with Crippen molar-refractivity contribution in [1.82, 2.24) is 10.2 Å². The van der Waals surface area contributed by atoms with Gasteiger partial charge in [0.1, 0.15) is 0 Å². The van der Waals surface area contributed by atoms with Crippen LogP contribution in [0, 0.1) is 0 Å². The number of likely N-dealkylation sites (N-methyl/N-ethyl adjacent to an activating group) is 1.